The zero-order chi connectivity index (χ0) is 24.8. The maximum atomic E-state index is 6.48. The lowest BCUT2D eigenvalue weighted by molar-refractivity contribution is 0.110. The van der Waals surface area contributed by atoms with Crippen molar-refractivity contribution in [3.8, 4) is 5.75 Å². The van der Waals surface area contributed by atoms with E-state index in [9.17, 15) is 0 Å². The van der Waals surface area contributed by atoms with Crippen molar-refractivity contribution < 1.29 is 4.74 Å². The molecule has 0 saturated carbocycles. The first-order valence-corrected chi connectivity index (χ1v) is 13.3. The third-order valence-electron chi connectivity index (χ3n) is 6.90. The van der Waals surface area contributed by atoms with Crippen molar-refractivity contribution in [1.82, 2.24) is 30.1 Å². The number of imidazole rings is 1. The van der Waals surface area contributed by atoms with Gasteiger partial charge in [0, 0.05) is 44.2 Å². The van der Waals surface area contributed by atoms with Crippen LogP contribution in [0.5, 0.6) is 5.75 Å². The maximum Gasteiger partial charge on any atom is 0.160 e. The van der Waals surface area contributed by atoms with Crippen molar-refractivity contribution in [3.63, 3.8) is 0 Å². The Morgan fingerprint density at radius 2 is 1.86 bits per heavy atom. The topological polar surface area (TPSA) is 67.2 Å². The minimum absolute atomic E-state index is 0.0349. The summed E-state index contributed by atoms with van der Waals surface area (Å²) in [5.74, 6) is 1.90. The number of ether oxygens (including phenoxy) is 1. The molecule has 1 saturated heterocycles. The Labute approximate surface area is 210 Å². The van der Waals surface area contributed by atoms with Gasteiger partial charge in [-0.05, 0) is 46.3 Å². The van der Waals surface area contributed by atoms with Gasteiger partial charge in [-0.25, -0.2) is 9.97 Å². The fourth-order valence-electron chi connectivity index (χ4n) is 5.41. The fraction of sp³-hybridized carbons (Fsp3) is 0.571. The monoisotopic (exact) mass is 478 g/mol. The summed E-state index contributed by atoms with van der Waals surface area (Å²) >= 11 is 0. The number of piperazine rings is 1. The molecule has 0 unspecified atom stereocenters. The summed E-state index contributed by atoms with van der Waals surface area (Å²) in [6.07, 6.45) is 4.92. The van der Waals surface area contributed by atoms with Gasteiger partial charge in [0.1, 0.15) is 23.2 Å². The quantitative estimate of drug-likeness (QED) is 0.416. The van der Waals surface area contributed by atoms with Gasteiger partial charge in [-0.15, -0.1) is 0 Å². The van der Waals surface area contributed by atoms with Gasteiger partial charge in [-0.2, -0.15) is 0 Å². The normalized spacial score (nSPS) is 20.7. The number of aryl methyl sites for hydroxylation is 1. The molecule has 7 heteroatoms. The van der Waals surface area contributed by atoms with E-state index in [1.165, 1.54) is 5.56 Å². The van der Waals surface area contributed by atoms with Crippen LogP contribution in [0.2, 0.25) is 0 Å². The van der Waals surface area contributed by atoms with Crippen molar-refractivity contribution in [3.05, 3.63) is 54.0 Å². The Morgan fingerprint density at radius 3 is 2.51 bits per heavy atom. The predicted molar refractivity (Wildman–Crippen MR) is 143 cm³/mol. The molecule has 1 aromatic carbocycles. The third-order valence-corrected chi connectivity index (χ3v) is 6.90. The van der Waals surface area contributed by atoms with Crippen LogP contribution in [0, 0.1) is 0 Å². The Morgan fingerprint density at radius 1 is 1.11 bits per heavy atom. The molecule has 2 aromatic heterocycles. The molecule has 1 aliphatic rings. The highest BCUT2D eigenvalue weighted by atomic mass is 16.5. The van der Waals surface area contributed by atoms with Crippen LogP contribution in [0.25, 0.3) is 11.2 Å². The van der Waals surface area contributed by atoms with Crippen LogP contribution in [0.15, 0.2) is 42.6 Å². The van der Waals surface area contributed by atoms with Crippen LogP contribution in [0.4, 0.5) is 0 Å². The molecule has 4 atom stereocenters. The zero-order valence-corrected chi connectivity index (χ0v) is 22.0. The highest BCUT2D eigenvalue weighted by Crippen LogP contribution is 2.32. The standard InChI is InChI=1S/C28H42N6O/c1-6-11-25(33-18-20(3)31-21(4)19-33)28-32-24-16-23(17-30-27(24)34(28)7-2)35-26(14-15-29-5)22-12-9-8-10-13-22/h8-10,12-13,16-17,20-21,25-26,29,31H,6-7,11,14-15,18-19H2,1-5H3/t20-,21+,25-,26+/m1/s1. The molecule has 4 rings (SSSR count). The molecule has 2 N–H and O–H groups in total. The number of fused-ring (bicyclic) bond motifs is 1. The second-order valence-corrected chi connectivity index (χ2v) is 9.86. The van der Waals surface area contributed by atoms with Gasteiger partial charge in [-0.3, -0.25) is 4.90 Å². The van der Waals surface area contributed by atoms with Gasteiger partial charge in [0.15, 0.2) is 5.65 Å². The van der Waals surface area contributed by atoms with E-state index in [1.807, 2.05) is 19.3 Å². The molecule has 0 spiro atoms. The first kappa shape index (κ1) is 25.6. The average molecular weight is 479 g/mol. The van der Waals surface area contributed by atoms with E-state index in [4.69, 9.17) is 14.7 Å². The minimum Gasteiger partial charge on any atom is -0.484 e. The van der Waals surface area contributed by atoms with Crippen molar-refractivity contribution in [2.75, 3.05) is 26.7 Å². The summed E-state index contributed by atoms with van der Waals surface area (Å²) in [6, 6.07) is 13.7. The molecule has 190 valence electrons. The number of rotatable bonds is 11. The number of nitrogens with zero attached hydrogens (tertiary/aromatic N) is 4. The lowest BCUT2D eigenvalue weighted by Gasteiger charge is -2.40. The molecule has 7 nitrogen and oxygen atoms in total. The average Bonchev–Trinajstić information content (AvgIpc) is 3.22. The summed E-state index contributed by atoms with van der Waals surface area (Å²) in [5, 5.41) is 6.91. The predicted octanol–water partition coefficient (Wildman–Crippen LogP) is 4.70. The van der Waals surface area contributed by atoms with E-state index in [1.54, 1.807) is 0 Å². The number of nitrogens with one attached hydrogen (secondary N) is 2. The van der Waals surface area contributed by atoms with Crippen molar-refractivity contribution in [1.29, 1.82) is 0 Å². The van der Waals surface area contributed by atoms with Crippen LogP contribution < -0.4 is 15.4 Å². The summed E-state index contributed by atoms with van der Waals surface area (Å²) < 4.78 is 8.77. The number of pyridine rings is 1. The van der Waals surface area contributed by atoms with Crippen LogP contribution >= 0.6 is 0 Å². The molecule has 1 fully saturated rings. The largest absolute Gasteiger partial charge is 0.484 e. The van der Waals surface area contributed by atoms with Crippen molar-refractivity contribution >= 4 is 11.2 Å². The summed E-state index contributed by atoms with van der Waals surface area (Å²) in [5.41, 5.74) is 3.03. The first-order chi connectivity index (χ1) is 17.0. The lowest BCUT2D eigenvalue weighted by Crippen LogP contribution is -2.55. The molecule has 1 aliphatic heterocycles. The van der Waals surface area contributed by atoms with Crippen LogP contribution in [-0.2, 0) is 6.54 Å². The van der Waals surface area contributed by atoms with Gasteiger partial charge in [0.05, 0.1) is 12.2 Å². The van der Waals surface area contributed by atoms with E-state index in [0.717, 1.165) is 68.2 Å². The molecule has 3 heterocycles. The van der Waals surface area contributed by atoms with Gasteiger partial charge in [0.25, 0.3) is 0 Å². The molecule has 0 amide bonds. The van der Waals surface area contributed by atoms with Gasteiger partial charge in [-0.1, -0.05) is 43.7 Å². The van der Waals surface area contributed by atoms with Crippen molar-refractivity contribution in [2.45, 2.75) is 77.7 Å². The Balaban J connectivity index is 1.65. The minimum atomic E-state index is -0.0349. The maximum absolute atomic E-state index is 6.48. The van der Waals surface area contributed by atoms with Crippen molar-refractivity contribution in [2.24, 2.45) is 0 Å². The summed E-state index contributed by atoms with van der Waals surface area (Å²) in [7, 11) is 1.97. The summed E-state index contributed by atoms with van der Waals surface area (Å²) in [4.78, 5) is 12.6. The molecule has 35 heavy (non-hydrogen) atoms. The van der Waals surface area contributed by atoms with E-state index in [-0.39, 0.29) is 6.10 Å². The van der Waals surface area contributed by atoms with E-state index < -0.39 is 0 Å². The molecule has 3 aromatic rings. The number of aromatic nitrogens is 3. The zero-order valence-electron chi connectivity index (χ0n) is 22.0. The molecular weight excluding hydrogens is 436 g/mol. The third kappa shape index (κ3) is 6.02. The molecular formula is C28H42N6O. The van der Waals surface area contributed by atoms with Gasteiger partial charge < -0.3 is 19.9 Å². The summed E-state index contributed by atoms with van der Waals surface area (Å²) in [6.45, 7) is 12.8. The fourth-order valence-corrected chi connectivity index (χ4v) is 5.41. The van der Waals surface area contributed by atoms with Crippen LogP contribution in [-0.4, -0.2) is 58.2 Å². The highest BCUT2D eigenvalue weighted by Gasteiger charge is 2.31. The number of hydrogen-bond donors (Lipinski definition) is 2. The Hall–Kier alpha value is -2.48. The highest BCUT2D eigenvalue weighted by molar-refractivity contribution is 5.73. The van der Waals surface area contributed by atoms with E-state index >= 15 is 0 Å². The second-order valence-electron chi connectivity index (χ2n) is 9.86. The van der Waals surface area contributed by atoms with E-state index in [0.29, 0.717) is 18.1 Å². The number of hydrogen-bond acceptors (Lipinski definition) is 6. The second kappa shape index (κ2) is 12.0. The molecule has 0 aliphatic carbocycles. The van der Waals surface area contributed by atoms with Gasteiger partial charge in [0.2, 0.25) is 0 Å². The first-order valence-electron chi connectivity index (χ1n) is 13.3. The lowest BCUT2D eigenvalue weighted by atomic mass is 10.0. The van der Waals surface area contributed by atoms with Gasteiger partial charge >= 0.3 is 0 Å². The molecule has 0 bridgehead atoms. The smallest absolute Gasteiger partial charge is 0.160 e. The number of benzene rings is 1. The molecule has 0 radical (unpaired) electrons. The van der Waals surface area contributed by atoms with Crippen LogP contribution in [0.1, 0.15) is 70.5 Å². The SMILES string of the molecule is CCC[C@H](c1nc2cc(O[C@@H](CCNC)c3ccccc3)cnc2n1CC)N1C[C@@H](C)N[C@@H](C)C1. The van der Waals surface area contributed by atoms with Crippen LogP contribution in [0.3, 0.4) is 0 Å². The van der Waals surface area contributed by atoms with E-state index in [2.05, 4.69) is 78.1 Å². The Bertz CT molecular complexity index is 1060. The Kier molecular flexibility index (Phi) is 8.76.